The van der Waals surface area contributed by atoms with Gasteiger partial charge in [-0.15, -0.1) is 0 Å². The van der Waals surface area contributed by atoms with E-state index in [0.717, 1.165) is 28.3 Å². The number of methoxy groups -OCH3 is 1. The molecule has 6 nitrogen and oxygen atoms in total. The molecule has 0 saturated carbocycles. The Morgan fingerprint density at radius 2 is 1.70 bits per heavy atom. The van der Waals surface area contributed by atoms with Crippen LogP contribution < -0.4 is 15.4 Å². The second-order valence-corrected chi connectivity index (χ2v) is 7.83. The number of anilines is 2. The molecule has 1 atom stereocenters. The molecule has 166 valence electrons. The number of hydrogen-bond acceptors (Lipinski definition) is 5. The molecule has 2 N–H and O–H groups in total. The van der Waals surface area contributed by atoms with E-state index in [1.165, 1.54) is 5.56 Å². The Balaban J connectivity index is 1.41. The molecule has 6 heteroatoms. The van der Waals surface area contributed by atoms with Gasteiger partial charge in [-0.05, 0) is 55.8 Å². The summed E-state index contributed by atoms with van der Waals surface area (Å²) in [6.07, 6.45) is 1.54. The highest BCUT2D eigenvalue weighted by Gasteiger charge is 2.12. The van der Waals surface area contributed by atoms with Crippen LogP contribution in [-0.2, 0) is 0 Å². The fourth-order valence-electron chi connectivity index (χ4n) is 3.43. The van der Waals surface area contributed by atoms with Crippen LogP contribution in [0, 0.1) is 6.92 Å². The molecule has 0 aliphatic heterocycles. The highest BCUT2D eigenvalue weighted by molar-refractivity contribution is 5.94. The number of ether oxygens (including phenoxy) is 1. The highest BCUT2D eigenvalue weighted by atomic mass is 16.5. The molecule has 4 rings (SSSR count). The van der Waals surface area contributed by atoms with Crippen molar-refractivity contribution in [1.82, 2.24) is 15.3 Å². The lowest BCUT2D eigenvalue weighted by molar-refractivity contribution is 0.0940. The third-order valence-electron chi connectivity index (χ3n) is 5.38. The lowest BCUT2D eigenvalue weighted by Gasteiger charge is -2.15. The molecule has 33 heavy (non-hydrogen) atoms. The minimum absolute atomic E-state index is 0.138. The number of aryl methyl sites for hydroxylation is 1. The molecule has 0 aliphatic carbocycles. The van der Waals surface area contributed by atoms with Crippen LogP contribution in [-0.4, -0.2) is 23.0 Å². The summed E-state index contributed by atoms with van der Waals surface area (Å²) >= 11 is 0. The second kappa shape index (κ2) is 9.96. The summed E-state index contributed by atoms with van der Waals surface area (Å²) in [5.41, 5.74) is 5.47. The Bertz CT molecular complexity index is 1240. The van der Waals surface area contributed by atoms with Crippen molar-refractivity contribution in [2.75, 3.05) is 12.4 Å². The van der Waals surface area contributed by atoms with Gasteiger partial charge in [-0.2, -0.15) is 0 Å². The molecular formula is C27H26N4O2. The highest BCUT2D eigenvalue weighted by Crippen LogP contribution is 2.22. The van der Waals surface area contributed by atoms with E-state index in [-0.39, 0.29) is 11.9 Å². The van der Waals surface area contributed by atoms with Gasteiger partial charge in [-0.25, -0.2) is 9.97 Å². The number of carbonyl (C=O) groups is 1. The minimum atomic E-state index is -0.147. The summed E-state index contributed by atoms with van der Waals surface area (Å²) in [7, 11) is 1.63. The van der Waals surface area contributed by atoms with Gasteiger partial charge in [0.15, 0.2) is 0 Å². The number of nitrogens with zero attached hydrogens (tertiary/aromatic N) is 2. The van der Waals surface area contributed by atoms with E-state index >= 15 is 0 Å². The summed E-state index contributed by atoms with van der Waals surface area (Å²) in [6.45, 7) is 4.00. The third kappa shape index (κ3) is 5.54. The summed E-state index contributed by atoms with van der Waals surface area (Å²) in [4.78, 5) is 21.4. The molecule has 0 aliphatic rings. The molecular weight excluding hydrogens is 412 g/mol. The summed E-state index contributed by atoms with van der Waals surface area (Å²) < 4.78 is 5.27. The maximum Gasteiger partial charge on any atom is 0.251 e. The van der Waals surface area contributed by atoms with E-state index in [1.54, 1.807) is 25.6 Å². The largest absolute Gasteiger partial charge is 0.497 e. The summed E-state index contributed by atoms with van der Waals surface area (Å²) in [5.74, 6) is 1.31. The third-order valence-corrected chi connectivity index (χ3v) is 5.38. The summed E-state index contributed by atoms with van der Waals surface area (Å²) in [6, 6.07) is 24.9. The number of benzene rings is 3. The number of rotatable bonds is 7. The second-order valence-electron chi connectivity index (χ2n) is 7.83. The smallest absolute Gasteiger partial charge is 0.251 e. The number of carbonyl (C=O) groups excluding carboxylic acids is 1. The molecule has 0 bridgehead atoms. The molecule has 0 saturated heterocycles. The zero-order valence-electron chi connectivity index (χ0n) is 18.9. The van der Waals surface area contributed by atoms with Crippen molar-refractivity contribution in [3.05, 3.63) is 102 Å². The minimum Gasteiger partial charge on any atom is -0.497 e. The van der Waals surface area contributed by atoms with Crippen LogP contribution in [0.1, 0.15) is 34.5 Å². The first-order valence-electron chi connectivity index (χ1n) is 10.7. The van der Waals surface area contributed by atoms with Gasteiger partial charge in [0, 0.05) is 22.9 Å². The molecule has 1 heterocycles. The van der Waals surface area contributed by atoms with Crippen molar-refractivity contribution >= 4 is 17.4 Å². The van der Waals surface area contributed by atoms with Gasteiger partial charge in [-0.1, -0.05) is 42.0 Å². The standard InChI is InChI=1S/C27H26N4O2/c1-18-7-9-20(10-8-18)25-16-26(29-17-28-25)31-23-13-11-21(12-14-23)27(32)30-19(2)22-5-4-6-24(15-22)33-3/h4-17,19H,1-3H3,(H,30,32)(H,28,29,31)/t19-/m0/s1. The quantitative estimate of drug-likeness (QED) is 0.387. The predicted octanol–water partition coefficient (Wildman–Crippen LogP) is 5.70. The van der Waals surface area contributed by atoms with Crippen LogP contribution in [0.15, 0.2) is 85.2 Å². The Morgan fingerprint density at radius 1 is 0.939 bits per heavy atom. The maximum absolute atomic E-state index is 12.7. The average Bonchev–Trinajstić information content (AvgIpc) is 2.85. The van der Waals surface area contributed by atoms with Crippen molar-refractivity contribution in [2.24, 2.45) is 0 Å². The average molecular weight is 439 g/mol. The lowest BCUT2D eigenvalue weighted by atomic mass is 10.1. The monoisotopic (exact) mass is 438 g/mol. The molecule has 1 amide bonds. The summed E-state index contributed by atoms with van der Waals surface area (Å²) in [5, 5.41) is 6.30. The van der Waals surface area contributed by atoms with E-state index in [9.17, 15) is 4.79 Å². The van der Waals surface area contributed by atoms with Gasteiger partial charge in [0.2, 0.25) is 0 Å². The Labute approximate surface area is 193 Å². The SMILES string of the molecule is COc1cccc([C@H](C)NC(=O)c2ccc(Nc3cc(-c4ccc(C)cc4)ncn3)cc2)c1. The Hall–Kier alpha value is -4.19. The van der Waals surface area contributed by atoms with E-state index in [0.29, 0.717) is 11.4 Å². The first kappa shape index (κ1) is 22.0. The van der Waals surface area contributed by atoms with Gasteiger partial charge in [0.1, 0.15) is 17.9 Å². The van der Waals surface area contributed by atoms with E-state index in [2.05, 4.69) is 39.7 Å². The molecule has 1 aromatic heterocycles. The van der Waals surface area contributed by atoms with Gasteiger partial charge >= 0.3 is 0 Å². The van der Waals surface area contributed by atoms with Gasteiger partial charge < -0.3 is 15.4 Å². The molecule has 0 spiro atoms. The fourth-order valence-corrected chi connectivity index (χ4v) is 3.43. The first-order chi connectivity index (χ1) is 16.0. The number of amides is 1. The van der Waals surface area contributed by atoms with Crippen LogP contribution >= 0.6 is 0 Å². The van der Waals surface area contributed by atoms with Gasteiger partial charge in [-0.3, -0.25) is 4.79 Å². The first-order valence-corrected chi connectivity index (χ1v) is 10.7. The van der Waals surface area contributed by atoms with Crippen molar-refractivity contribution in [2.45, 2.75) is 19.9 Å². The van der Waals surface area contributed by atoms with Crippen molar-refractivity contribution in [3.8, 4) is 17.0 Å². The molecule has 3 aromatic carbocycles. The van der Waals surface area contributed by atoms with Crippen LogP contribution in [0.25, 0.3) is 11.3 Å². The molecule has 0 radical (unpaired) electrons. The molecule has 0 fully saturated rings. The van der Waals surface area contributed by atoms with Gasteiger partial charge in [0.05, 0.1) is 18.8 Å². The Kier molecular flexibility index (Phi) is 6.64. The fraction of sp³-hybridized carbons (Fsp3) is 0.148. The van der Waals surface area contributed by atoms with Crippen molar-refractivity contribution in [3.63, 3.8) is 0 Å². The van der Waals surface area contributed by atoms with E-state index in [1.807, 2.05) is 61.5 Å². The Morgan fingerprint density at radius 3 is 2.42 bits per heavy atom. The van der Waals surface area contributed by atoms with E-state index < -0.39 is 0 Å². The zero-order valence-corrected chi connectivity index (χ0v) is 18.9. The predicted molar refractivity (Wildman–Crippen MR) is 131 cm³/mol. The van der Waals surface area contributed by atoms with Crippen LogP contribution in [0.2, 0.25) is 0 Å². The number of nitrogens with one attached hydrogen (secondary N) is 2. The molecule has 0 unspecified atom stereocenters. The molecule has 4 aromatic rings. The van der Waals surface area contributed by atoms with Crippen LogP contribution in [0.5, 0.6) is 5.75 Å². The number of aromatic nitrogens is 2. The normalized spacial score (nSPS) is 11.5. The van der Waals surface area contributed by atoms with Crippen LogP contribution in [0.3, 0.4) is 0 Å². The zero-order chi connectivity index (χ0) is 23.2. The van der Waals surface area contributed by atoms with Gasteiger partial charge in [0.25, 0.3) is 5.91 Å². The van der Waals surface area contributed by atoms with Crippen molar-refractivity contribution < 1.29 is 9.53 Å². The number of hydrogen-bond donors (Lipinski definition) is 2. The lowest BCUT2D eigenvalue weighted by Crippen LogP contribution is -2.26. The van der Waals surface area contributed by atoms with E-state index in [4.69, 9.17) is 4.74 Å². The van der Waals surface area contributed by atoms with Crippen LogP contribution in [0.4, 0.5) is 11.5 Å². The van der Waals surface area contributed by atoms with Crippen molar-refractivity contribution in [1.29, 1.82) is 0 Å². The topological polar surface area (TPSA) is 76.1 Å². The maximum atomic E-state index is 12.7.